The van der Waals surface area contributed by atoms with Gasteiger partial charge in [-0.1, -0.05) is 24.6 Å². The van der Waals surface area contributed by atoms with Crippen LogP contribution in [0.2, 0.25) is 0 Å². The molecule has 2 heterocycles. The molecule has 6 nitrogen and oxygen atoms in total. The molecule has 0 spiro atoms. The molecule has 1 fully saturated rings. The first kappa shape index (κ1) is 18.9. The summed E-state index contributed by atoms with van der Waals surface area (Å²) >= 11 is 0. The van der Waals surface area contributed by atoms with Crippen molar-refractivity contribution in [1.29, 1.82) is 0 Å². The predicted molar refractivity (Wildman–Crippen MR) is 104 cm³/mol. The smallest absolute Gasteiger partial charge is 0.253 e. The number of rotatable bonds is 5. The van der Waals surface area contributed by atoms with E-state index >= 15 is 0 Å². The van der Waals surface area contributed by atoms with Crippen molar-refractivity contribution in [3.8, 4) is 5.88 Å². The van der Waals surface area contributed by atoms with Gasteiger partial charge in [-0.3, -0.25) is 9.59 Å². The maximum absolute atomic E-state index is 12.6. The molecule has 0 bridgehead atoms. The van der Waals surface area contributed by atoms with Gasteiger partial charge in [0.05, 0.1) is 11.9 Å². The van der Waals surface area contributed by atoms with Crippen molar-refractivity contribution in [2.24, 2.45) is 0 Å². The van der Waals surface area contributed by atoms with Gasteiger partial charge < -0.3 is 15.0 Å². The number of hydrogen-bond donors (Lipinski definition) is 1. The lowest BCUT2D eigenvalue weighted by Gasteiger charge is -2.32. The molecule has 1 aromatic heterocycles. The minimum Gasteiger partial charge on any atom is -0.474 e. The Bertz CT molecular complexity index is 779. The number of carbonyl (C=O) groups excluding carboxylic acids is 2. The fraction of sp³-hybridized carbons (Fsp3) is 0.381. The van der Waals surface area contributed by atoms with Crippen LogP contribution in [0.1, 0.15) is 42.1 Å². The molecule has 2 aromatic rings. The topological polar surface area (TPSA) is 71.5 Å². The zero-order chi connectivity index (χ0) is 19.2. The van der Waals surface area contributed by atoms with Gasteiger partial charge in [0.25, 0.3) is 5.91 Å². The number of anilines is 1. The summed E-state index contributed by atoms with van der Waals surface area (Å²) in [5.74, 6) is 0.562. The summed E-state index contributed by atoms with van der Waals surface area (Å²) in [4.78, 5) is 30.1. The molecule has 1 N–H and O–H groups in total. The molecule has 1 aliphatic rings. The molecule has 142 valence electrons. The van der Waals surface area contributed by atoms with Gasteiger partial charge in [0.15, 0.2) is 0 Å². The van der Waals surface area contributed by atoms with Crippen molar-refractivity contribution in [2.45, 2.75) is 39.2 Å². The zero-order valence-corrected chi connectivity index (χ0v) is 15.8. The van der Waals surface area contributed by atoms with E-state index in [1.165, 1.54) is 0 Å². The lowest BCUT2D eigenvalue weighted by atomic mass is 10.1. The van der Waals surface area contributed by atoms with Crippen molar-refractivity contribution in [1.82, 2.24) is 9.88 Å². The van der Waals surface area contributed by atoms with Gasteiger partial charge in [-0.2, -0.15) is 0 Å². The maximum atomic E-state index is 12.6. The van der Waals surface area contributed by atoms with Crippen LogP contribution in [0.3, 0.4) is 0 Å². The van der Waals surface area contributed by atoms with Crippen molar-refractivity contribution in [2.75, 3.05) is 18.4 Å². The molecule has 0 saturated carbocycles. The zero-order valence-electron chi connectivity index (χ0n) is 15.8. The summed E-state index contributed by atoms with van der Waals surface area (Å²) in [6.45, 7) is 5.15. The van der Waals surface area contributed by atoms with Gasteiger partial charge in [0.1, 0.15) is 6.10 Å². The number of nitrogens with zero attached hydrogens (tertiary/aromatic N) is 2. The molecule has 6 heteroatoms. The SMILES string of the molecule is CCC(=O)Nc1ccc(OC2CCN(C(=O)c3ccc(C)cc3)CC2)nc1. The first-order valence-corrected chi connectivity index (χ1v) is 9.33. The highest BCUT2D eigenvalue weighted by atomic mass is 16.5. The number of pyridine rings is 1. The number of aromatic nitrogens is 1. The third kappa shape index (κ3) is 5.06. The summed E-state index contributed by atoms with van der Waals surface area (Å²) in [7, 11) is 0. The van der Waals surface area contributed by atoms with Crippen molar-refractivity contribution in [3.05, 3.63) is 53.7 Å². The van der Waals surface area contributed by atoms with Crippen LogP contribution in [0.15, 0.2) is 42.6 Å². The largest absolute Gasteiger partial charge is 0.474 e. The molecule has 0 unspecified atom stereocenters. The maximum Gasteiger partial charge on any atom is 0.253 e. The first-order valence-electron chi connectivity index (χ1n) is 9.33. The van der Waals surface area contributed by atoms with Gasteiger partial charge in [-0.15, -0.1) is 0 Å². The summed E-state index contributed by atoms with van der Waals surface area (Å²) < 4.78 is 5.93. The molecule has 1 saturated heterocycles. The number of hydrogen-bond acceptors (Lipinski definition) is 4. The summed E-state index contributed by atoms with van der Waals surface area (Å²) in [5.41, 5.74) is 2.53. The number of benzene rings is 1. The van der Waals surface area contributed by atoms with E-state index in [2.05, 4.69) is 10.3 Å². The molecule has 27 heavy (non-hydrogen) atoms. The number of amides is 2. The Hall–Kier alpha value is -2.89. The predicted octanol–water partition coefficient (Wildman–Crippen LogP) is 3.42. The van der Waals surface area contributed by atoms with Crippen LogP contribution in [0, 0.1) is 6.92 Å². The standard InChI is InChI=1S/C21H25N3O3/c1-3-19(25)23-17-8-9-20(22-14-17)27-18-10-12-24(13-11-18)21(26)16-6-4-15(2)5-7-16/h4-9,14,18H,3,10-13H2,1-2H3,(H,23,25). The van der Waals surface area contributed by atoms with Crippen LogP contribution in [-0.2, 0) is 4.79 Å². The Labute approximate surface area is 159 Å². The third-order valence-electron chi connectivity index (χ3n) is 4.66. The number of carbonyl (C=O) groups is 2. The highest BCUT2D eigenvalue weighted by Crippen LogP contribution is 2.20. The lowest BCUT2D eigenvalue weighted by molar-refractivity contribution is -0.115. The van der Waals surface area contributed by atoms with Crippen LogP contribution in [-0.4, -0.2) is 40.9 Å². The van der Waals surface area contributed by atoms with E-state index in [9.17, 15) is 9.59 Å². The Balaban J connectivity index is 1.50. The second-order valence-corrected chi connectivity index (χ2v) is 6.76. The normalized spacial score (nSPS) is 14.7. The monoisotopic (exact) mass is 367 g/mol. The van der Waals surface area contributed by atoms with Crippen LogP contribution in [0.4, 0.5) is 5.69 Å². The van der Waals surface area contributed by atoms with Crippen molar-refractivity contribution < 1.29 is 14.3 Å². The first-order chi connectivity index (χ1) is 13.0. The van der Waals surface area contributed by atoms with Gasteiger partial charge >= 0.3 is 0 Å². The molecule has 2 amide bonds. The second kappa shape index (κ2) is 8.66. The summed E-state index contributed by atoms with van der Waals surface area (Å²) in [6.07, 6.45) is 3.61. The Morgan fingerprint density at radius 1 is 1.15 bits per heavy atom. The number of piperidine rings is 1. The number of likely N-dealkylation sites (tertiary alicyclic amines) is 1. The Kier molecular flexibility index (Phi) is 6.06. The second-order valence-electron chi connectivity index (χ2n) is 6.76. The highest BCUT2D eigenvalue weighted by Gasteiger charge is 2.24. The molecule has 0 atom stereocenters. The lowest BCUT2D eigenvalue weighted by Crippen LogP contribution is -2.41. The number of nitrogens with one attached hydrogen (secondary N) is 1. The van der Waals surface area contributed by atoms with E-state index < -0.39 is 0 Å². The Morgan fingerprint density at radius 3 is 2.44 bits per heavy atom. The Morgan fingerprint density at radius 2 is 1.85 bits per heavy atom. The van der Waals surface area contributed by atoms with Crippen molar-refractivity contribution in [3.63, 3.8) is 0 Å². The van der Waals surface area contributed by atoms with Gasteiger partial charge in [0, 0.05) is 44.0 Å². The number of aryl methyl sites for hydroxylation is 1. The molecule has 3 rings (SSSR count). The fourth-order valence-electron chi connectivity index (χ4n) is 3.00. The van der Waals surface area contributed by atoms with E-state index in [4.69, 9.17) is 4.74 Å². The minimum absolute atomic E-state index is 0.0376. The molecule has 1 aromatic carbocycles. The average molecular weight is 367 g/mol. The molecule has 0 radical (unpaired) electrons. The highest BCUT2D eigenvalue weighted by molar-refractivity contribution is 5.94. The third-order valence-corrected chi connectivity index (χ3v) is 4.66. The van der Waals surface area contributed by atoms with Crippen LogP contribution in [0.25, 0.3) is 0 Å². The van der Waals surface area contributed by atoms with E-state index in [0.29, 0.717) is 31.1 Å². The quantitative estimate of drug-likeness (QED) is 0.879. The van der Waals surface area contributed by atoms with Gasteiger partial charge in [-0.25, -0.2) is 4.98 Å². The van der Waals surface area contributed by atoms with Gasteiger partial charge in [0.2, 0.25) is 11.8 Å². The van der Waals surface area contributed by atoms with Gasteiger partial charge in [-0.05, 0) is 25.1 Å². The van der Waals surface area contributed by atoms with E-state index in [-0.39, 0.29) is 17.9 Å². The summed E-state index contributed by atoms with van der Waals surface area (Å²) in [5, 5.41) is 2.76. The van der Waals surface area contributed by atoms with E-state index in [1.807, 2.05) is 36.1 Å². The van der Waals surface area contributed by atoms with Crippen LogP contribution < -0.4 is 10.1 Å². The molecule has 1 aliphatic heterocycles. The number of ether oxygens (including phenoxy) is 1. The van der Waals surface area contributed by atoms with Crippen molar-refractivity contribution >= 4 is 17.5 Å². The average Bonchev–Trinajstić information content (AvgIpc) is 2.70. The van der Waals surface area contributed by atoms with Crippen LogP contribution in [0.5, 0.6) is 5.88 Å². The fourth-order valence-corrected chi connectivity index (χ4v) is 3.00. The molecular weight excluding hydrogens is 342 g/mol. The van der Waals surface area contributed by atoms with Crippen LogP contribution >= 0.6 is 0 Å². The van der Waals surface area contributed by atoms with E-state index in [0.717, 1.165) is 24.0 Å². The minimum atomic E-state index is -0.0453. The van der Waals surface area contributed by atoms with E-state index in [1.54, 1.807) is 25.3 Å². The summed E-state index contributed by atoms with van der Waals surface area (Å²) in [6, 6.07) is 11.2. The molecule has 0 aliphatic carbocycles. The molecular formula is C21H25N3O3.